The number of benzene rings is 1. The maximum atomic E-state index is 4.53. The summed E-state index contributed by atoms with van der Waals surface area (Å²) in [6.07, 6.45) is 2.01. The fraction of sp³-hybridized carbons (Fsp3) is 0.308. The van der Waals surface area contributed by atoms with Crippen molar-refractivity contribution in [3.05, 3.63) is 47.8 Å². The van der Waals surface area contributed by atoms with Crippen LogP contribution in [0.25, 0.3) is 5.69 Å². The van der Waals surface area contributed by atoms with Gasteiger partial charge in [-0.2, -0.15) is 5.10 Å². The number of hydrogen-bond donors (Lipinski definition) is 0. The second-order valence-electron chi connectivity index (χ2n) is 4.18. The molecule has 0 spiro atoms. The Morgan fingerprint density at radius 3 is 2.27 bits per heavy atom. The molecule has 1 heterocycles. The van der Waals surface area contributed by atoms with E-state index in [2.05, 4.69) is 56.2 Å². The highest BCUT2D eigenvalue weighted by Gasteiger charge is 2.03. The first-order chi connectivity index (χ1) is 7.16. The van der Waals surface area contributed by atoms with Gasteiger partial charge >= 0.3 is 0 Å². The van der Waals surface area contributed by atoms with Gasteiger partial charge < -0.3 is 0 Å². The van der Waals surface area contributed by atoms with E-state index in [9.17, 15) is 0 Å². The largest absolute Gasteiger partial charge is 0.241 e. The molecule has 0 fully saturated rings. The molecule has 2 heteroatoms. The van der Waals surface area contributed by atoms with Crippen LogP contribution in [-0.4, -0.2) is 9.78 Å². The molecule has 2 nitrogen and oxygen atoms in total. The smallest absolute Gasteiger partial charge is 0.0654 e. The average molecular weight is 200 g/mol. The van der Waals surface area contributed by atoms with Gasteiger partial charge in [-0.3, -0.25) is 0 Å². The fourth-order valence-electron chi connectivity index (χ4n) is 1.49. The highest BCUT2D eigenvalue weighted by atomic mass is 15.3. The quantitative estimate of drug-likeness (QED) is 0.727. The lowest BCUT2D eigenvalue weighted by Crippen LogP contribution is -1.96. The van der Waals surface area contributed by atoms with Crippen LogP contribution in [0.4, 0.5) is 0 Å². The Bertz CT molecular complexity index is 438. The molecular weight excluding hydrogens is 184 g/mol. The zero-order valence-electron chi connectivity index (χ0n) is 9.44. The van der Waals surface area contributed by atoms with Crippen molar-refractivity contribution in [3.63, 3.8) is 0 Å². The molecule has 0 aliphatic rings. The van der Waals surface area contributed by atoms with Gasteiger partial charge in [-0.1, -0.05) is 31.5 Å². The van der Waals surface area contributed by atoms with E-state index in [1.54, 1.807) is 0 Å². The topological polar surface area (TPSA) is 17.8 Å². The number of nitrogens with zero attached hydrogens (tertiary/aromatic N) is 2. The predicted molar refractivity (Wildman–Crippen MR) is 62.4 cm³/mol. The maximum absolute atomic E-state index is 4.53. The molecule has 0 aliphatic heterocycles. The molecule has 0 atom stereocenters. The summed E-state index contributed by atoms with van der Waals surface area (Å²) < 4.78 is 1.93. The minimum absolute atomic E-state index is 0.483. The molecule has 0 amide bonds. The summed E-state index contributed by atoms with van der Waals surface area (Å²) in [6.45, 7) is 6.40. The Balaban J connectivity index is 2.33. The van der Waals surface area contributed by atoms with Crippen molar-refractivity contribution >= 4 is 0 Å². The van der Waals surface area contributed by atoms with Crippen LogP contribution in [0.5, 0.6) is 0 Å². The third kappa shape index (κ3) is 2.09. The minimum atomic E-state index is 0.483. The molecule has 0 aliphatic carbocycles. The zero-order chi connectivity index (χ0) is 10.8. The molecular formula is C13H16N2. The van der Waals surface area contributed by atoms with E-state index in [1.165, 1.54) is 5.56 Å². The Morgan fingerprint density at radius 2 is 1.73 bits per heavy atom. The number of hydrogen-bond acceptors (Lipinski definition) is 1. The van der Waals surface area contributed by atoms with Gasteiger partial charge in [0.05, 0.1) is 11.4 Å². The monoisotopic (exact) mass is 200 g/mol. The summed E-state index contributed by atoms with van der Waals surface area (Å²) >= 11 is 0. The summed E-state index contributed by atoms with van der Waals surface area (Å²) in [5.41, 5.74) is 3.53. The second-order valence-corrected chi connectivity index (χ2v) is 4.18. The van der Waals surface area contributed by atoms with Crippen LogP contribution in [0.15, 0.2) is 36.5 Å². The Morgan fingerprint density at radius 1 is 1.07 bits per heavy atom. The van der Waals surface area contributed by atoms with Gasteiger partial charge in [0, 0.05) is 6.20 Å². The molecule has 1 aromatic carbocycles. The zero-order valence-corrected chi connectivity index (χ0v) is 9.44. The van der Waals surface area contributed by atoms with Crippen LogP contribution in [0.2, 0.25) is 0 Å². The standard InChI is InChI=1S/C13H16N2/c1-10(2)13-8-9-15(14-13)12-6-4-11(3)5-7-12/h4-10H,1-3H3. The van der Waals surface area contributed by atoms with Gasteiger partial charge in [0.15, 0.2) is 0 Å². The lowest BCUT2D eigenvalue weighted by Gasteiger charge is -2.02. The van der Waals surface area contributed by atoms with Crippen molar-refractivity contribution in [2.75, 3.05) is 0 Å². The highest BCUT2D eigenvalue weighted by molar-refractivity contribution is 5.33. The molecule has 0 saturated heterocycles. The lowest BCUT2D eigenvalue weighted by molar-refractivity contribution is 0.768. The molecule has 0 radical (unpaired) electrons. The van der Waals surface area contributed by atoms with Gasteiger partial charge in [-0.25, -0.2) is 4.68 Å². The minimum Gasteiger partial charge on any atom is -0.241 e. The van der Waals surface area contributed by atoms with E-state index in [-0.39, 0.29) is 0 Å². The van der Waals surface area contributed by atoms with E-state index < -0.39 is 0 Å². The van der Waals surface area contributed by atoms with Crippen molar-refractivity contribution in [1.82, 2.24) is 9.78 Å². The molecule has 0 unspecified atom stereocenters. The molecule has 1 aromatic heterocycles. The SMILES string of the molecule is Cc1ccc(-n2ccc(C(C)C)n2)cc1. The Kier molecular flexibility index (Phi) is 2.58. The first kappa shape index (κ1) is 9.97. The van der Waals surface area contributed by atoms with Crippen molar-refractivity contribution in [2.45, 2.75) is 26.7 Å². The fourth-order valence-corrected chi connectivity index (χ4v) is 1.49. The Labute approximate surface area is 90.6 Å². The molecule has 0 N–H and O–H groups in total. The first-order valence-electron chi connectivity index (χ1n) is 5.29. The van der Waals surface area contributed by atoms with E-state index >= 15 is 0 Å². The second kappa shape index (κ2) is 3.89. The summed E-state index contributed by atoms with van der Waals surface area (Å²) in [5.74, 6) is 0.483. The molecule has 78 valence electrons. The van der Waals surface area contributed by atoms with E-state index in [4.69, 9.17) is 0 Å². The summed E-state index contributed by atoms with van der Waals surface area (Å²) in [7, 11) is 0. The van der Waals surface area contributed by atoms with Crippen LogP contribution in [0, 0.1) is 6.92 Å². The number of rotatable bonds is 2. The third-order valence-corrected chi connectivity index (χ3v) is 2.50. The summed E-state index contributed by atoms with van der Waals surface area (Å²) in [6, 6.07) is 10.5. The molecule has 2 rings (SSSR count). The van der Waals surface area contributed by atoms with Crippen molar-refractivity contribution < 1.29 is 0 Å². The molecule has 0 saturated carbocycles. The van der Waals surface area contributed by atoms with E-state index in [1.807, 2.05) is 10.9 Å². The van der Waals surface area contributed by atoms with Crippen LogP contribution in [0.1, 0.15) is 31.0 Å². The van der Waals surface area contributed by atoms with Crippen molar-refractivity contribution in [2.24, 2.45) is 0 Å². The normalized spacial score (nSPS) is 10.9. The van der Waals surface area contributed by atoms with Crippen molar-refractivity contribution in [1.29, 1.82) is 0 Å². The van der Waals surface area contributed by atoms with Gasteiger partial charge in [0.2, 0.25) is 0 Å². The average Bonchev–Trinajstić information content (AvgIpc) is 2.68. The van der Waals surface area contributed by atoms with Crippen LogP contribution < -0.4 is 0 Å². The molecule has 15 heavy (non-hydrogen) atoms. The summed E-state index contributed by atoms with van der Waals surface area (Å²) in [4.78, 5) is 0. The van der Waals surface area contributed by atoms with Crippen LogP contribution >= 0.6 is 0 Å². The number of aryl methyl sites for hydroxylation is 1. The molecule has 0 bridgehead atoms. The van der Waals surface area contributed by atoms with Crippen LogP contribution in [0.3, 0.4) is 0 Å². The van der Waals surface area contributed by atoms with Crippen LogP contribution in [-0.2, 0) is 0 Å². The van der Waals surface area contributed by atoms with Gasteiger partial charge in [0.25, 0.3) is 0 Å². The van der Waals surface area contributed by atoms with Crippen molar-refractivity contribution in [3.8, 4) is 5.69 Å². The summed E-state index contributed by atoms with van der Waals surface area (Å²) in [5, 5.41) is 4.53. The predicted octanol–water partition coefficient (Wildman–Crippen LogP) is 3.30. The van der Waals surface area contributed by atoms with Gasteiger partial charge in [-0.15, -0.1) is 0 Å². The highest BCUT2D eigenvalue weighted by Crippen LogP contribution is 2.14. The number of aromatic nitrogens is 2. The van der Waals surface area contributed by atoms with E-state index in [0.29, 0.717) is 5.92 Å². The lowest BCUT2D eigenvalue weighted by atomic mass is 10.1. The van der Waals surface area contributed by atoms with E-state index in [0.717, 1.165) is 11.4 Å². The third-order valence-electron chi connectivity index (χ3n) is 2.50. The maximum Gasteiger partial charge on any atom is 0.0654 e. The van der Waals surface area contributed by atoms with Gasteiger partial charge in [0.1, 0.15) is 0 Å². The Hall–Kier alpha value is -1.57. The molecule has 2 aromatic rings. The first-order valence-corrected chi connectivity index (χ1v) is 5.29. The van der Waals surface area contributed by atoms with Gasteiger partial charge in [-0.05, 0) is 31.0 Å².